The summed E-state index contributed by atoms with van der Waals surface area (Å²) in [4.78, 5) is 22.8. The van der Waals surface area contributed by atoms with Gasteiger partial charge in [-0.2, -0.15) is 0 Å². The van der Waals surface area contributed by atoms with Gasteiger partial charge in [-0.05, 0) is 18.2 Å². The average molecular weight is 292 g/mol. The molecule has 0 saturated carbocycles. The summed E-state index contributed by atoms with van der Waals surface area (Å²) in [5.41, 5.74) is 6.66. The van der Waals surface area contributed by atoms with E-state index in [1.165, 1.54) is 12.1 Å². The number of hydrogen-bond donors (Lipinski definition) is 2. The van der Waals surface area contributed by atoms with Gasteiger partial charge in [0.15, 0.2) is 5.43 Å². The molecule has 0 spiro atoms. The van der Waals surface area contributed by atoms with E-state index >= 15 is 0 Å². The van der Waals surface area contributed by atoms with Crippen LogP contribution in [0.3, 0.4) is 0 Å². The van der Waals surface area contributed by atoms with E-state index in [4.69, 9.17) is 17.3 Å². The van der Waals surface area contributed by atoms with Crippen LogP contribution in [0.25, 0.3) is 0 Å². The zero-order valence-corrected chi connectivity index (χ0v) is 11.4. The molecule has 0 saturated heterocycles. The van der Waals surface area contributed by atoms with Crippen molar-refractivity contribution in [2.45, 2.75) is 13.0 Å². The third-order valence-electron chi connectivity index (χ3n) is 2.75. The van der Waals surface area contributed by atoms with Crippen molar-refractivity contribution in [3.8, 4) is 0 Å². The molecule has 6 heteroatoms. The number of benzene rings is 1. The van der Waals surface area contributed by atoms with E-state index in [-0.39, 0.29) is 17.8 Å². The van der Waals surface area contributed by atoms with Gasteiger partial charge >= 0.3 is 0 Å². The van der Waals surface area contributed by atoms with Crippen molar-refractivity contribution in [1.82, 2.24) is 4.57 Å². The first kappa shape index (κ1) is 14.1. The number of anilines is 2. The number of nitrogen functional groups attached to an aromatic ring is 1. The van der Waals surface area contributed by atoms with E-state index < -0.39 is 0 Å². The number of amides is 1. The Balaban J connectivity index is 1.94. The molecule has 0 aliphatic rings. The van der Waals surface area contributed by atoms with Gasteiger partial charge in [0, 0.05) is 42.5 Å². The van der Waals surface area contributed by atoms with Crippen LogP contribution in [0.1, 0.15) is 6.42 Å². The number of carbonyl (C=O) groups is 1. The van der Waals surface area contributed by atoms with Crippen LogP contribution in [-0.2, 0) is 11.3 Å². The molecule has 0 unspecified atom stereocenters. The smallest absolute Gasteiger partial charge is 0.226 e. The van der Waals surface area contributed by atoms with Crippen molar-refractivity contribution in [2.24, 2.45) is 0 Å². The van der Waals surface area contributed by atoms with Crippen LogP contribution in [0.2, 0.25) is 5.02 Å². The number of rotatable bonds is 4. The molecule has 1 aromatic carbocycles. The fourth-order valence-electron chi connectivity index (χ4n) is 1.67. The van der Waals surface area contributed by atoms with Gasteiger partial charge in [0.1, 0.15) is 0 Å². The van der Waals surface area contributed by atoms with Gasteiger partial charge in [-0.3, -0.25) is 9.59 Å². The minimum absolute atomic E-state index is 0.0580. The van der Waals surface area contributed by atoms with E-state index in [0.717, 1.165) is 0 Å². The molecule has 5 nitrogen and oxygen atoms in total. The van der Waals surface area contributed by atoms with Gasteiger partial charge in [0.2, 0.25) is 5.91 Å². The van der Waals surface area contributed by atoms with E-state index in [9.17, 15) is 9.59 Å². The van der Waals surface area contributed by atoms with E-state index in [0.29, 0.717) is 22.9 Å². The first-order valence-electron chi connectivity index (χ1n) is 6.05. The Hall–Kier alpha value is -2.27. The maximum absolute atomic E-state index is 11.8. The predicted octanol–water partition coefficient (Wildman–Crippen LogP) is 2.11. The summed E-state index contributed by atoms with van der Waals surface area (Å²) in [7, 11) is 0. The maximum Gasteiger partial charge on any atom is 0.226 e. The molecular formula is C14H14ClN3O2. The molecule has 0 atom stereocenters. The third kappa shape index (κ3) is 3.86. The highest BCUT2D eigenvalue weighted by Gasteiger charge is 2.06. The van der Waals surface area contributed by atoms with Gasteiger partial charge in [0.25, 0.3) is 0 Å². The second-order valence-corrected chi connectivity index (χ2v) is 4.74. The van der Waals surface area contributed by atoms with Gasteiger partial charge in [-0.15, -0.1) is 0 Å². The zero-order valence-electron chi connectivity index (χ0n) is 10.7. The van der Waals surface area contributed by atoms with Gasteiger partial charge in [-0.1, -0.05) is 11.6 Å². The Kier molecular flexibility index (Phi) is 4.42. The normalized spacial score (nSPS) is 10.2. The lowest BCUT2D eigenvalue weighted by molar-refractivity contribution is -0.116. The predicted molar refractivity (Wildman–Crippen MR) is 79.8 cm³/mol. The van der Waals surface area contributed by atoms with E-state index in [1.54, 1.807) is 35.2 Å². The highest BCUT2D eigenvalue weighted by atomic mass is 35.5. The number of aromatic nitrogens is 1. The minimum atomic E-state index is -0.169. The fraction of sp³-hybridized carbons (Fsp3) is 0.143. The molecular weight excluding hydrogens is 278 g/mol. The molecule has 3 N–H and O–H groups in total. The maximum atomic E-state index is 11.8. The molecule has 0 aliphatic carbocycles. The first-order chi connectivity index (χ1) is 9.54. The molecule has 104 valence electrons. The lowest BCUT2D eigenvalue weighted by atomic mass is 10.2. The quantitative estimate of drug-likeness (QED) is 0.847. The van der Waals surface area contributed by atoms with Gasteiger partial charge in [-0.25, -0.2) is 0 Å². The lowest BCUT2D eigenvalue weighted by Gasteiger charge is -2.09. The highest BCUT2D eigenvalue weighted by molar-refractivity contribution is 6.31. The Morgan fingerprint density at radius 2 is 1.95 bits per heavy atom. The Bertz CT molecular complexity index is 662. The number of aryl methyl sites for hydroxylation is 1. The zero-order chi connectivity index (χ0) is 14.5. The number of halogens is 1. The molecule has 20 heavy (non-hydrogen) atoms. The minimum Gasteiger partial charge on any atom is -0.397 e. The molecule has 1 aromatic heterocycles. The van der Waals surface area contributed by atoms with Crippen molar-refractivity contribution in [3.63, 3.8) is 0 Å². The number of pyridine rings is 1. The van der Waals surface area contributed by atoms with E-state index in [2.05, 4.69) is 5.32 Å². The largest absolute Gasteiger partial charge is 0.397 e. The van der Waals surface area contributed by atoms with Crippen molar-refractivity contribution >= 4 is 28.9 Å². The second kappa shape index (κ2) is 6.25. The van der Waals surface area contributed by atoms with Crippen LogP contribution >= 0.6 is 11.6 Å². The van der Waals surface area contributed by atoms with E-state index in [1.807, 2.05) is 0 Å². The summed E-state index contributed by atoms with van der Waals surface area (Å²) in [5.74, 6) is -0.169. The van der Waals surface area contributed by atoms with Crippen LogP contribution in [0.5, 0.6) is 0 Å². The summed E-state index contributed by atoms with van der Waals surface area (Å²) < 4.78 is 1.77. The molecule has 2 rings (SSSR count). The Morgan fingerprint density at radius 3 is 2.65 bits per heavy atom. The lowest BCUT2D eigenvalue weighted by Crippen LogP contribution is -2.16. The monoisotopic (exact) mass is 291 g/mol. The molecule has 1 heterocycles. The Morgan fingerprint density at radius 1 is 1.25 bits per heavy atom. The molecule has 0 radical (unpaired) electrons. The number of nitrogens with one attached hydrogen (secondary N) is 1. The third-order valence-corrected chi connectivity index (χ3v) is 2.98. The van der Waals surface area contributed by atoms with Crippen LogP contribution in [0.4, 0.5) is 11.4 Å². The van der Waals surface area contributed by atoms with Crippen molar-refractivity contribution < 1.29 is 4.79 Å². The summed E-state index contributed by atoms with van der Waals surface area (Å²) in [6, 6.07) is 7.81. The summed E-state index contributed by atoms with van der Waals surface area (Å²) in [6.45, 7) is 0.479. The van der Waals surface area contributed by atoms with Gasteiger partial charge < -0.3 is 15.6 Å². The second-order valence-electron chi connectivity index (χ2n) is 4.30. The number of carbonyl (C=O) groups excluding carboxylic acids is 1. The molecule has 1 amide bonds. The molecule has 2 aromatic rings. The van der Waals surface area contributed by atoms with Gasteiger partial charge in [0.05, 0.1) is 11.4 Å². The standard InChI is InChI=1S/C14H14ClN3O2/c15-10-1-2-12(16)13(9-10)17-14(20)5-8-18-6-3-11(19)4-7-18/h1-4,6-7,9H,5,8,16H2,(H,17,20). The Labute approximate surface area is 121 Å². The van der Waals surface area contributed by atoms with Crippen molar-refractivity contribution in [1.29, 1.82) is 0 Å². The van der Waals surface area contributed by atoms with Crippen molar-refractivity contribution in [2.75, 3.05) is 11.1 Å². The van der Waals surface area contributed by atoms with Crippen molar-refractivity contribution in [3.05, 3.63) is 58.0 Å². The molecule has 0 fully saturated rings. The molecule has 0 aliphatic heterocycles. The highest BCUT2D eigenvalue weighted by Crippen LogP contribution is 2.22. The average Bonchev–Trinajstić information content (AvgIpc) is 2.42. The van der Waals surface area contributed by atoms with Crippen LogP contribution in [-0.4, -0.2) is 10.5 Å². The first-order valence-corrected chi connectivity index (χ1v) is 6.43. The topological polar surface area (TPSA) is 77.1 Å². The number of nitrogens with two attached hydrogens (primary N) is 1. The van der Waals surface area contributed by atoms with Crippen LogP contribution < -0.4 is 16.5 Å². The number of nitrogens with zero attached hydrogens (tertiary/aromatic N) is 1. The number of hydrogen-bond acceptors (Lipinski definition) is 3. The summed E-state index contributed by atoms with van der Waals surface area (Å²) in [5, 5.41) is 3.22. The summed E-state index contributed by atoms with van der Waals surface area (Å²) in [6.07, 6.45) is 3.56. The summed E-state index contributed by atoms with van der Waals surface area (Å²) >= 11 is 5.85. The van der Waals surface area contributed by atoms with Crippen LogP contribution in [0, 0.1) is 0 Å². The SMILES string of the molecule is Nc1ccc(Cl)cc1NC(=O)CCn1ccc(=O)cc1. The molecule has 0 bridgehead atoms. The fourth-order valence-corrected chi connectivity index (χ4v) is 1.84. The van der Waals surface area contributed by atoms with Crippen LogP contribution in [0.15, 0.2) is 47.5 Å².